The van der Waals surface area contributed by atoms with Gasteiger partial charge in [-0.15, -0.1) is 0 Å². The molecule has 5 nitrogen and oxygen atoms in total. The van der Waals surface area contributed by atoms with Crippen LogP contribution >= 0.6 is 23.2 Å². The monoisotopic (exact) mass is 475 g/mol. The van der Waals surface area contributed by atoms with Crippen molar-refractivity contribution in [3.8, 4) is 0 Å². The molecule has 1 saturated heterocycles. The Morgan fingerprint density at radius 2 is 1.78 bits per heavy atom. The molecule has 7 heteroatoms. The number of carbonyl (C=O) groups is 3. The zero-order valence-electron chi connectivity index (χ0n) is 18.3. The average Bonchev–Trinajstić information content (AvgIpc) is 2.71. The van der Waals surface area contributed by atoms with Crippen LogP contribution in [-0.2, 0) is 14.4 Å². The Morgan fingerprint density at radius 3 is 2.31 bits per heavy atom. The number of hydrogen-bond acceptors (Lipinski definition) is 3. The zero-order chi connectivity index (χ0) is 23.6. The maximum atomic E-state index is 13.8. The minimum Gasteiger partial charge on any atom is -0.481 e. The van der Waals surface area contributed by atoms with Crippen LogP contribution in [0.1, 0.15) is 63.1 Å². The van der Waals surface area contributed by atoms with E-state index in [0.717, 1.165) is 11.1 Å². The number of benzene rings is 2. The predicted molar refractivity (Wildman–Crippen MR) is 125 cm³/mol. The molecule has 0 bridgehead atoms. The van der Waals surface area contributed by atoms with Gasteiger partial charge in [-0.05, 0) is 55.2 Å². The van der Waals surface area contributed by atoms with Crippen LogP contribution in [0.5, 0.6) is 0 Å². The van der Waals surface area contributed by atoms with Gasteiger partial charge in [-0.3, -0.25) is 14.4 Å². The number of hydrogen-bond donors (Lipinski definition) is 1. The fraction of sp³-hybridized carbons (Fsp3) is 0.400. The summed E-state index contributed by atoms with van der Waals surface area (Å²) in [5.74, 6) is -1.76. The van der Waals surface area contributed by atoms with Crippen molar-refractivity contribution >= 4 is 40.9 Å². The predicted octanol–water partition coefficient (Wildman–Crippen LogP) is 5.90. The summed E-state index contributed by atoms with van der Waals surface area (Å²) >= 11 is 12.4. The molecule has 1 heterocycles. The van der Waals surface area contributed by atoms with E-state index in [9.17, 15) is 19.5 Å². The van der Waals surface area contributed by atoms with Gasteiger partial charge in [-0.1, -0.05) is 61.3 Å². The van der Waals surface area contributed by atoms with Gasteiger partial charge in [0.1, 0.15) is 0 Å². The van der Waals surface area contributed by atoms with E-state index >= 15 is 0 Å². The van der Waals surface area contributed by atoms with Crippen LogP contribution in [0.2, 0.25) is 10.0 Å². The Balaban J connectivity index is 2.26. The molecule has 0 spiro atoms. The molecule has 1 fully saturated rings. The topological polar surface area (TPSA) is 74.7 Å². The summed E-state index contributed by atoms with van der Waals surface area (Å²) in [7, 11) is 0. The first-order valence-electron chi connectivity index (χ1n) is 10.6. The average molecular weight is 476 g/mol. The van der Waals surface area contributed by atoms with Gasteiger partial charge in [0.2, 0.25) is 5.91 Å². The Kier molecular flexibility index (Phi) is 7.31. The summed E-state index contributed by atoms with van der Waals surface area (Å²) < 4.78 is 0. The third kappa shape index (κ3) is 4.84. The Labute approximate surface area is 198 Å². The lowest BCUT2D eigenvalue weighted by Crippen LogP contribution is -2.57. The van der Waals surface area contributed by atoms with Crippen molar-refractivity contribution in [2.24, 2.45) is 5.41 Å². The first kappa shape index (κ1) is 24.3. The lowest BCUT2D eigenvalue weighted by atomic mass is 9.67. The molecule has 2 aromatic carbocycles. The fourth-order valence-corrected chi connectivity index (χ4v) is 5.23. The van der Waals surface area contributed by atoms with E-state index in [1.165, 1.54) is 6.92 Å². The molecule has 170 valence electrons. The summed E-state index contributed by atoms with van der Waals surface area (Å²) in [5, 5.41) is 10.7. The van der Waals surface area contributed by atoms with Crippen molar-refractivity contribution in [1.82, 2.24) is 4.90 Å². The number of ketones is 1. The summed E-state index contributed by atoms with van der Waals surface area (Å²) in [5.41, 5.74) is 0.569. The van der Waals surface area contributed by atoms with Gasteiger partial charge in [0.25, 0.3) is 0 Å². The van der Waals surface area contributed by atoms with Gasteiger partial charge in [0.15, 0.2) is 5.78 Å². The van der Waals surface area contributed by atoms with Crippen molar-refractivity contribution in [3.05, 3.63) is 69.7 Å². The van der Waals surface area contributed by atoms with E-state index in [4.69, 9.17) is 23.2 Å². The molecule has 2 aromatic rings. The van der Waals surface area contributed by atoms with Crippen molar-refractivity contribution in [3.63, 3.8) is 0 Å². The molecule has 3 rings (SSSR count). The zero-order valence-corrected chi connectivity index (χ0v) is 19.9. The number of amides is 1. The van der Waals surface area contributed by atoms with Crippen LogP contribution in [0, 0.1) is 5.41 Å². The molecule has 0 saturated carbocycles. The standard InChI is InChI=1S/C25H27Cl2NO4/c1-4-21(15(2)29)28-23(16-8-10-18(26)11-9-16)20(17-6-5-7-19(27)12-17)13-25(3,24(28)32)14-22(30)31/h5-12,20-21,23H,4,13-14H2,1-3H3,(H,30,31)/t20-,21+,23-,25+/m1/s1. The summed E-state index contributed by atoms with van der Waals surface area (Å²) in [6.07, 6.45) is 0.425. The van der Waals surface area contributed by atoms with Crippen molar-refractivity contribution in [2.75, 3.05) is 0 Å². The lowest BCUT2D eigenvalue weighted by molar-refractivity contribution is -0.162. The quantitative estimate of drug-likeness (QED) is 0.540. The normalized spacial score (nSPS) is 24.3. The maximum absolute atomic E-state index is 13.8. The molecule has 4 atom stereocenters. The second-order valence-electron chi connectivity index (χ2n) is 8.74. The van der Waals surface area contributed by atoms with Crippen LogP contribution in [-0.4, -0.2) is 33.7 Å². The summed E-state index contributed by atoms with van der Waals surface area (Å²) in [6, 6.07) is 13.5. The number of carboxylic acid groups (broad SMARTS) is 1. The highest BCUT2D eigenvalue weighted by atomic mass is 35.5. The number of aliphatic carboxylic acids is 1. The summed E-state index contributed by atoms with van der Waals surface area (Å²) in [6.45, 7) is 5.01. The van der Waals surface area contributed by atoms with E-state index in [-0.39, 0.29) is 24.0 Å². The molecule has 1 aliphatic rings. The number of carbonyl (C=O) groups excluding carboxylic acids is 2. The highest BCUT2D eigenvalue weighted by Gasteiger charge is 2.52. The second-order valence-corrected chi connectivity index (χ2v) is 9.61. The smallest absolute Gasteiger partial charge is 0.304 e. The molecule has 0 unspecified atom stereocenters. The van der Waals surface area contributed by atoms with Crippen LogP contribution in [0.25, 0.3) is 0 Å². The van der Waals surface area contributed by atoms with E-state index in [1.807, 2.05) is 37.3 Å². The molecule has 0 aromatic heterocycles. The molecule has 1 N–H and O–H groups in total. The number of likely N-dealkylation sites (tertiary alicyclic amines) is 1. The number of piperidine rings is 1. The SMILES string of the molecule is CC[C@@H](C(C)=O)N1C(=O)[C@](C)(CC(=O)O)C[C@H](c2cccc(Cl)c2)[C@H]1c1ccc(Cl)cc1. The molecule has 32 heavy (non-hydrogen) atoms. The van der Waals surface area contributed by atoms with Crippen LogP contribution in [0.3, 0.4) is 0 Å². The van der Waals surface area contributed by atoms with Crippen molar-refractivity contribution in [1.29, 1.82) is 0 Å². The molecule has 0 radical (unpaired) electrons. The Morgan fingerprint density at radius 1 is 1.12 bits per heavy atom. The van der Waals surface area contributed by atoms with E-state index in [0.29, 0.717) is 22.9 Å². The van der Waals surface area contributed by atoms with Crippen LogP contribution in [0.15, 0.2) is 48.5 Å². The van der Waals surface area contributed by atoms with Crippen molar-refractivity contribution in [2.45, 2.75) is 58.0 Å². The van der Waals surface area contributed by atoms with Gasteiger partial charge < -0.3 is 10.0 Å². The van der Waals surface area contributed by atoms with Crippen LogP contribution in [0.4, 0.5) is 0 Å². The van der Waals surface area contributed by atoms with Gasteiger partial charge in [0.05, 0.1) is 23.9 Å². The third-order valence-corrected chi connectivity index (χ3v) is 6.81. The van der Waals surface area contributed by atoms with Crippen LogP contribution < -0.4 is 0 Å². The van der Waals surface area contributed by atoms with Gasteiger partial charge in [-0.2, -0.15) is 0 Å². The highest BCUT2D eigenvalue weighted by molar-refractivity contribution is 6.30. The van der Waals surface area contributed by atoms with Crippen molar-refractivity contribution < 1.29 is 19.5 Å². The number of Topliss-reactive ketones (excluding diaryl/α,β-unsaturated/α-hetero) is 1. The minimum atomic E-state index is -1.16. The van der Waals surface area contributed by atoms with E-state index in [1.54, 1.807) is 30.0 Å². The van der Waals surface area contributed by atoms with E-state index in [2.05, 4.69) is 0 Å². The molecule has 0 aliphatic carbocycles. The Hall–Kier alpha value is -2.37. The molecular weight excluding hydrogens is 449 g/mol. The number of nitrogens with zero attached hydrogens (tertiary/aromatic N) is 1. The minimum absolute atomic E-state index is 0.135. The molecular formula is C25H27Cl2NO4. The van der Waals surface area contributed by atoms with Gasteiger partial charge >= 0.3 is 5.97 Å². The van der Waals surface area contributed by atoms with Gasteiger partial charge in [-0.25, -0.2) is 0 Å². The largest absolute Gasteiger partial charge is 0.481 e. The number of carboxylic acids is 1. The maximum Gasteiger partial charge on any atom is 0.304 e. The Bertz CT molecular complexity index is 1020. The second kappa shape index (κ2) is 9.63. The third-order valence-electron chi connectivity index (χ3n) is 6.32. The molecule has 1 amide bonds. The number of halogens is 2. The lowest BCUT2D eigenvalue weighted by Gasteiger charge is -2.51. The van der Waals surface area contributed by atoms with Gasteiger partial charge in [0, 0.05) is 16.0 Å². The highest BCUT2D eigenvalue weighted by Crippen LogP contribution is 2.52. The molecule has 1 aliphatic heterocycles. The fourth-order valence-electron chi connectivity index (χ4n) is 4.90. The first-order chi connectivity index (χ1) is 15.1. The van der Waals surface area contributed by atoms with E-state index < -0.39 is 23.5 Å². The summed E-state index contributed by atoms with van der Waals surface area (Å²) in [4.78, 5) is 39.8. The first-order valence-corrected chi connectivity index (χ1v) is 11.4. The number of rotatable bonds is 7.